The van der Waals surface area contributed by atoms with Crippen LogP contribution in [0, 0.1) is 0 Å². The average Bonchev–Trinajstić information content (AvgIpc) is 2.31. The fraction of sp³-hybridized carbons (Fsp3) is 0.875. The molecule has 62 valence electrons. The second kappa shape index (κ2) is 2.21. The van der Waals surface area contributed by atoms with Gasteiger partial charge in [0.1, 0.15) is 5.72 Å². The maximum Gasteiger partial charge on any atom is 0.224 e. The molecule has 1 atom stereocenters. The number of fused-ring (bicyclic) bond motifs is 1. The third kappa shape index (κ3) is 0.948. The third-order valence-electron chi connectivity index (χ3n) is 2.63. The molecule has 2 saturated heterocycles. The van der Waals surface area contributed by atoms with Crippen molar-refractivity contribution in [2.24, 2.45) is 0 Å². The maximum absolute atomic E-state index is 11.3. The van der Waals surface area contributed by atoms with Gasteiger partial charge in [-0.05, 0) is 19.8 Å². The maximum atomic E-state index is 11.3. The van der Waals surface area contributed by atoms with E-state index >= 15 is 0 Å². The number of ether oxygens (including phenoxy) is 1. The molecule has 0 bridgehead atoms. The lowest BCUT2D eigenvalue weighted by Crippen LogP contribution is -2.48. The van der Waals surface area contributed by atoms with E-state index in [0.29, 0.717) is 13.0 Å². The summed E-state index contributed by atoms with van der Waals surface area (Å²) >= 11 is 0. The highest BCUT2D eigenvalue weighted by molar-refractivity contribution is 5.77. The normalized spacial score (nSPS) is 37.5. The van der Waals surface area contributed by atoms with Crippen molar-refractivity contribution in [2.45, 2.75) is 31.9 Å². The van der Waals surface area contributed by atoms with Gasteiger partial charge in [-0.25, -0.2) is 0 Å². The molecule has 2 rings (SSSR count). The fourth-order valence-electron chi connectivity index (χ4n) is 1.97. The second-order valence-electron chi connectivity index (χ2n) is 3.42. The van der Waals surface area contributed by atoms with Crippen molar-refractivity contribution in [3.05, 3.63) is 0 Å². The van der Waals surface area contributed by atoms with E-state index in [1.165, 1.54) is 0 Å². The summed E-state index contributed by atoms with van der Waals surface area (Å²) in [5.41, 5.74) is -0.255. The smallest absolute Gasteiger partial charge is 0.224 e. The average molecular weight is 155 g/mol. The highest BCUT2D eigenvalue weighted by atomic mass is 16.5. The molecule has 1 amide bonds. The molecule has 0 spiro atoms. The zero-order valence-electron chi connectivity index (χ0n) is 6.80. The Labute approximate surface area is 66.3 Å². The first-order valence-electron chi connectivity index (χ1n) is 4.17. The molecule has 2 aliphatic heterocycles. The topological polar surface area (TPSA) is 29.5 Å². The van der Waals surface area contributed by atoms with Gasteiger partial charge < -0.3 is 9.64 Å². The van der Waals surface area contributed by atoms with Crippen molar-refractivity contribution in [2.75, 3.05) is 13.2 Å². The molecular weight excluding hydrogens is 142 g/mol. The Bertz CT molecular complexity index is 193. The quantitative estimate of drug-likeness (QED) is 0.516. The van der Waals surface area contributed by atoms with Crippen LogP contribution in [0.2, 0.25) is 0 Å². The van der Waals surface area contributed by atoms with E-state index < -0.39 is 0 Å². The van der Waals surface area contributed by atoms with Gasteiger partial charge in [-0.2, -0.15) is 0 Å². The van der Waals surface area contributed by atoms with Gasteiger partial charge >= 0.3 is 0 Å². The molecule has 0 aromatic heterocycles. The molecule has 2 aliphatic rings. The summed E-state index contributed by atoms with van der Waals surface area (Å²) in [6.07, 6.45) is 2.68. The van der Waals surface area contributed by atoms with Gasteiger partial charge in [-0.3, -0.25) is 4.79 Å². The minimum Gasteiger partial charge on any atom is -0.354 e. The third-order valence-corrected chi connectivity index (χ3v) is 2.63. The van der Waals surface area contributed by atoms with Crippen molar-refractivity contribution in [3.8, 4) is 0 Å². The largest absolute Gasteiger partial charge is 0.354 e. The molecule has 0 N–H and O–H groups in total. The van der Waals surface area contributed by atoms with E-state index in [-0.39, 0.29) is 11.6 Å². The van der Waals surface area contributed by atoms with Crippen LogP contribution in [0.1, 0.15) is 26.2 Å². The Morgan fingerprint density at radius 2 is 2.45 bits per heavy atom. The lowest BCUT2D eigenvalue weighted by Gasteiger charge is -2.37. The fourth-order valence-corrected chi connectivity index (χ4v) is 1.97. The van der Waals surface area contributed by atoms with E-state index in [1.54, 1.807) is 0 Å². The number of hydrogen-bond donors (Lipinski definition) is 0. The Hall–Kier alpha value is -0.570. The Balaban J connectivity index is 2.22. The summed E-state index contributed by atoms with van der Waals surface area (Å²) < 4.78 is 5.52. The van der Waals surface area contributed by atoms with E-state index in [9.17, 15) is 4.79 Å². The molecule has 2 fully saturated rings. The number of carbonyl (C=O) groups excluding carboxylic acids is 1. The van der Waals surface area contributed by atoms with Gasteiger partial charge in [0, 0.05) is 13.0 Å². The predicted octanol–water partition coefficient (Wildman–Crippen LogP) is 0.745. The summed E-state index contributed by atoms with van der Waals surface area (Å²) in [4.78, 5) is 13.2. The predicted molar refractivity (Wildman–Crippen MR) is 39.9 cm³/mol. The first kappa shape index (κ1) is 7.10. The van der Waals surface area contributed by atoms with Crippen molar-refractivity contribution in [1.82, 2.24) is 4.90 Å². The molecule has 0 aromatic rings. The van der Waals surface area contributed by atoms with Crippen LogP contribution in [0.4, 0.5) is 0 Å². The first-order valence-corrected chi connectivity index (χ1v) is 4.17. The molecule has 0 aliphatic carbocycles. The van der Waals surface area contributed by atoms with E-state index in [4.69, 9.17) is 4.74 Å². The van der Waals surface area contributed by atoms with Crippen molar-refractivity contribution in [3.63, 3.8) is 0 Å². The van der Waals surface area contributed by atoms with Gasteiger partial charge in [0.05, 0.1) is 6.61 Å². The molecule has 0 saturated carbocycles. The molecule has 0 aromatic carbocycles. The van der Waals surface area contributed by atoms with Gasteiger partial charge in [-0.1, -0.05) is 0 Å². The van der Waals surface area contributed by atoms with Gasteiger partial charge in [0.2, 0.25) is 5.91 Å². The van der Waals surface area contributed by atoms with Crippen LogP contribution in [0.15, 0.2) is 0 Å². The number of piperidine rings is 1. The summed E-state index contributed by atoms with van der Waals surface area (Å²) in [7, 11) is 0. The van der Waals surface area contributed by atoms with Gasteiger partial charge in [-0.15, -0.1) is 0 Å². The summed E-state index contributed by atoms with van der Waals surface area (Å²) in [5, 5.41) is 0. The Morgan fingerprint density at radius 1 is 1.64 bits per heavy atom. The molecule has 0 radical (unpaired) electrons. The molecule has 2 heterocycles. The van der Waals surface area contributed by atoms with Crippen molar-refractivity contribution in [1.29, 1.82) is 0 Å². The van der Waals surface area contributed by atoms with Crippen LogP contribution in [-0.4, -0.2) is 29.7 Å². The first-order chi connectivity index (χ1) is 5.22. The summed E-state index contributed by atoms with van der Waals surface area (Å²) in [6.45, 7) is 3.51. The minimum absolute atomic E-state index is 0.255. The SMILES string of the molecule is CC12CCCC(=O)N1CCO2. The number of carbonyl (C=O) groups is 1. The monoisotopic (exact) mass is 155 g/mol. The summed E-state index contributed by atoms with van der Waals surface area (Å²) in [6, 6.07) is 0. The van der Waals surface area contributed by atoms with E-state index in [0.717, 1.165) is 19.4 Å². The van der Waals surface area contributed by atoms with E-state index in [2.05, 4.69) is 0 Å². The molecule has 1 unspecified atom stereocenters. The van der Waals surface area contributed by atoms with Crippen LogP contribution < -0.4 is 0 Å². The highest BCUT2D eigenvalue weighted by Crippen LogP contribution is 2.33. The number of hydrogen-bond acceptors (Lipinski definition) is 2. The number of nitrogens with zero attached hydrogens (tertiary/aromatic N) is 1. The zero-order valence-corrected chi connectivity index (χ0v) is 6.80. The molecule has 3 heteroatoms. The minimum atomic E-state index is -0.255. The van der Waals surface area contributed by atoms with Crippen LogP contribution in [0.25, 0.3) is 0 Å². The van der Waals surface area contributed by atoms with Gasteiger partial charge in [0.15, 0.2) is 0 Å². The van der Waals surface area contributed by atoms with Crippen LogP contribution in [-0.2, 0) is 9.53 Å². The van der Waals surface area contributed by atoms with Crippen molar-refractivity contribution >= 4 is 5.91 Å². The van der Waals surface area contributed by atoms with Gasteiger partial charge in [0.25, 0.3) is 0 Å². The van der Waals surface area contributed by atoms with Crippen LogP contribution in [0.5, 0.6) is 0 Å². The zero-order chi connectivity index (χ0) is 7.90. The highest BCUT2D eigenvalue weighted by Gasteiger charge is 2.42. The summed E-state index contributed by atoms with van der Waals surface area (Å²) in [5.74, 6) is 0.260. The lowest BCUT2D eigenvalue weighted by molar-refractivity contribution is -0.154. The standard InChI is InChI=1S/C8H13NO2/c1-8-4-2-3-7(10)9(8)5-6-11-8/h2-6H2,1H3. The van der Waals surface area contributed by atoms with E-state index in [1.807, 2.05) is 11.8 Å². The van der Waals surface area contributed by atoms with Crippen LogP contribution in [0.3, 0.4) is 0 Å². The number of rotatable bonds is 0. The Kier molecular flexibility index (Phi) is 1.42. The lowest BCUT2D eigenvalue weighted by atomic mass is 10.0. The van der Waals surface area contributed by atoms with Crippen LogP contribution >= 0.6 is 0 Å². The number of amides is 1. The molecular formula is C8H13NO2. The Morgan fingerprint density at radius 3 is 3.18 bits per heavy atom. The van der Waals surface area contributed by atoms with Crippen molar-refractivity contribution < 1.29 is 9.53 Å². The molecule has 3 nitrogen and oxygen atoms in total. The molecule has 11 heavy (non-hydrogen) atoms. The second-order valence-corrected chi connectivity index (χ2v) is 3.42.